The average Bonchev–Trinajstić information content (AvgIpc) is 3.89. The first-order valence-corrected chi connectivity index (χ1v) is 24.1. The van der Waals surface area contributed by atoms with Crippen LogP contribution >= 0.6 is 0 Å². The molecule has 0 bridgehead atoms. The number of allylic oxidation sites excluding steroid dienone is 4. The van der Waals surface area contributed by atoms with Crippen LogP contribution in [0.15, 0.2) is 157 Å². The molecule has 0 saturated heterocycles. The van der Waals surface area contributed by atoms with Crippen LogP contribution in [0.4, 0.5) is 17.1 Å². The predicted octanol–water partition coefficient (Wildman–Crippen LogP) is 9.13. The molecule has 6 aromatic rings. The zero-order valence-corrected chi connectivity index (χ0v) is 43.1. The lowest BCUT2D eigenvalue weighted by Gasteiger charge is -2.36. The standard InChI is InChI=1S/C60H66N3O4.HI/c1-9-61(10-2)46-28-33-55-42(38-46)39-47(20-16-23-57-59(5,6)54-40-51-50-21-14-15-22-52(50)58(3,4)53(51)41-56(54)63(57)35-36-64)62(55)34-17-37-67-60(43-18-12-11-13-19-43,44-24-29-48(65-7)30-25-44)45-26-31-49(66-8)32-27-45;/h11-16,18-33,38,40-41,64H,9-10,17,34-37,39H2,1-8H3;1H/q+1;/p-1. The van der Waals surface area contributed by atoms with Crippen LogP contribution in [0, 0.1) is 0 Å². The van der Waals surface area contributed by atoms with E-state index in [9.17, 15) is 5.11 Å². The predicted molar refractivity (Wildman–Crippen MR) is 275 cm³/mol. The van der Waals surface area contributed by atoms with E-state index in [0.717, 1.165) is 60.7 Å². The Bertz CT molecular complexity index is 2790. The van der Waals surface area contributed by atoms with E-state index in [2.05, 4.69) is 183 Å². The van der Waals surface area contributed by atoms with Gasteiger partial charge in [0, 0.05) is 66.2 Å². The fourth-order valence-electron chi connectivity index (χ4n) is 11.1. The van der Waals surface area contributed by atoms with Gasteiger partial charge < -0.3 is 53.1 Å². The lowest BCUT2D eigenvalue weighted by atomic mass is 9.78. The Morgan fingerprint density at radius 2 is 1.34 bits per heavy atom. The number of β-amino-alcohol motifs (C(OH)–C–C–N with tert-alkyl or cyclic N) is 1. The van der Waals surface area contributed by atoms with Gasteiger partial charge in [0.15, 0.2) is 12.3 Å². The maximum atomic E-state index is 10.5. The number of methoxy groups -OCH3 is 2. The zero-order chi connectivity index (χ0) is 46.9. The molecule has 0 radical (unpaired) electrons. The molecule has 0 amide bonds. The van der Waals surface area contributed by atoms with Crippen LogP contribution in [-0.4, -0.2) is 69.0 Å². The molecule has 3 aliphatic rings. The van der Waals surface area contributed by atoms with Gasteiger partial charge in [-0.1, -0.05) is 98.8 Å². The summed E-state index contributed by atoms with van der Waals surface area (Å²) in [4.78, 5) is 4.91. The molecule has 2 heterocycles. The lowest BCUT2D eigenvalue weighted by Crippen LogP contribution is -3.00. The molecule has 9 rings (SSSR count). The Morgan fingerprint density at radius 3 is 1.97 bits per heavy atom. The maximum Gasteiger partial charge on any atom is 0.210 e. The van der Waals surface area contributed by atoms with Gasteiger partial charge in [0.05, 0.1) is 26.2 Å². The molecular formula is C60H66IN3O4. The summed E-state index contributed by atoms with van der Waals surface area (Å²) in [5, 5.41) is 10.5. The number of hydrogen-bond acceptors (Lipinski definition) is 6. The van der Waals surface area contributed by atoms with Crippen molar-refractivity contribution in [1.29, 1.82) is 0 Å². The summed E-state index contributed by atoms with van der Waals surface area (Å²) in [7, 11) is 3.39. The van der Waals surface area contributed by atoms with Crippen molar-refractivity contribution >= 4 is 22.8 Å². The molecule has 1 aliphatic carbocycles. The minimum atomic E-state index is -0.884. The van der Waals surface area contributed by atoms with Gasteiger partial charge in [0.2, 0.25) is 5.69 Å². The number of aliphatic hydroxyl groups excluding tert-OH is 1. The Kier molecular flexibility index (Phi) is 14.4. The highest BCUT2D eigenvalue weighted by Gasteiger charge is 2.47. The third-order valence-corrected chi connectivity index (χ3v) is 14.7. The zero-order valence-electron chi connectivity index (χ0n) is 41.0. The molecule has 0 atom stereocenters. The molecule has 0 fully saturated rings. The maximum absolute atomic E-state index is 10.5. The molecule has 68 heavy (non-hydrogen) atoms. The molecule has 1 N–H and O–H groups in total. The fourth-order valence-corrected chi connectivity index (χ4v) is 11.1. The minimum Gasteiger partial charge on any atom is -1.00 e. The molecule has 6 aromatic carbocycles. The van der Waals surface area contributed by atoms with E-state index >= 15 is 0 Å². The largest absolute Gasteiger partial charge is 1.00 e. The number of aliphatic hydroxyl groups is 1. The molecule has 0 unspecified atom stereocenters. The van der Waals surface area contributed by atoms with Gasteiger partial charge in [0.1, 0.15) is 23.7 Å². The van der Waals surface area contributed by atoms with E-state index < -0.39 is 5.60 Å². The van der Waals surface area contributed by atoms with Crippen LogP contribution < -0.4 is 43.3 Å². The summed E-state index contributed by atoms with van der Waals surface area (Å²) < 4.78 is 20.9. The SMILES string of the molecule is CCN(CC)c1ccc2c(c1)CC(=CC=CC1=[N+](CCO)c3cc4c(cc3C1(C)C)-c1ccccc1C4(C)C)N2CCCOC(c1ccccc1)(c1ccc(OC)cc1)c1ccc(OC)cc1.[I-]. The quantitative estimate of drug-likeness (QED) is 0.0426. The van der Waals surface area contributed by atoms with Crippen LogP contribution in [0.25, 0.3) is 11.1 Å². The number of rotatable bonds is 17. The highest BCUT2D eigenvalue weighted by atomic mass is 127. The van der Waals surface area contributed by atoms with Crippen LogP contribution in [-0.2, 0) is 27.6 Å². The van der Waals surface area contributed by atoms with E-state index in [1.807, 2.05) is 24.3 Å². The van der Waals surface area contributed by atoms with Crippen molar-refractivity contribution in [2.75, 3.05) is 63.4 Å². The molecular weight excluding hydrogens is 954 g/mol. The highest BCUT2D eigenvalue weighted by Crippen LogP contribution is 2.53. The van der Waals surface area contributed by atoms with E-state index in [-0.39, 0.29) is 41.4 Å². The summed E-state index contributed by atoms with van der Waals surface area (Å²) in [6, 6.07) is 47.7. The number of halogens is 1. The van der Waals surface area contributed by atoms with Gasteiger partial charge in [-0.25, -0.2) is 0 Å². The van der Waals surface area contributed by atoms with Gasteiger partial charge in [-0.15, -0.1) is 0 Å². The first-order chi connectivity index (χ1) is 32.5. The Balaban J connectivity index is 0.00000625. The second-order valence-electron chi connectivity index (χ2n) is 19.0. The van der Waals surface area contributed by atoms with Crippen LogP contribution in [0.1, 0.15) is 86.9 Å². The molecule has 8 heteroatoms. The molecule has 0 aromatic heterocycles. The summed E-state index contributed by atoms with van der Waals surface area (Å²) in [5.41, 5.74) is 16.0. The van der Waals surface area contributed by atoms with Crippen LogP contribution in [0.3, 0.4) is 0 Å². The lowest BCUT2D eigenvalue weighted by molar-refractivity contribution is -0.441. The van der Waals surface area contributed by atoms with E-state index in [4.69, 9.17) is 14.2 Å². The first-order valence-electron chi connectivity index (χ1n) is 24.1. The molecule has 352 valence electrons. The van der Waals surface area contributed by atoms with Crippen LogP contribution in [0.5, 0.6) is 11.5 Å². The number of benzene rings is 6. The second kappa shape index (κ2) is 20.1. The van der Waals surface area contributed by atoms with Gasteiger partial charge in [-0.2, -0.15) is 4.58 Å². The van der Waals surface area contributed by atoms with Crippen molar-refractivity contribution in [3.63, 3.8) is 0 Å². The monoisotopic (exact) mass is 1020 g/mol. The van der Waals surface area contributed by atoms with Crippen molar-refractivity contribution in [1.82, 2.24) is 0 Å². The molecule has 0 spiro atoms. The minimum absolute atomic E-state index is 0. The van der Waals surface area contributed by atoms with Gasteiger partial charge in [-0.3, -0.25) is 0 Å². The number of anilines is 2. The number of hydrogen-bond donors (Lipinski definition) is 1. The van der Waals surface area contributed by atoms with Crippen molar-refractivity contribution in [2.24, 2.45) is 0 Å². The van der Waals surface area contributed by atoms with Crippen molar-refractivity contribution in [3.05, 3.63) is 196 Å². The molecule has 0 saturated carbocycles. The molecule has 7 nitrogen and oxygen atoms in total. The van der Waals surface area contributed by atoms with E-state index in [1.165, 1.54) is 61.9 Å². The third kappa shape index (κ3) is 8.58. The van der Waals surface area contributed by atoms with Crippen molar-refractivity contribution in [3.8, 4) is 22.6 Å². The topological polar surface area (TPSA) is 57.4 Å². The van der Waals surface area contributed by atoms with Gasteiger partial charge in [-0.05, 0) is 133 Å². The van der Waals surface area contributed by atoms with Crippen molar-refractivity contribution < 1.29 is 47.9 Å². The Labute approximate surface area is 421 Å². The summed E-state index contributed by atoms with van der Waals surface area (Å²) >= 11 is 0. The van der Waals surface area contributed by atoms with E-state index in [1.54, 1.807) is 14.2 Å². The smallest absolute Gasteiger partial charge is 0.210 e. The number of ether oxygens (including phenoxy) is 3. The average molecular weight is 1020 g/mol. The van der Waals surface area contributed by atoms with Crippen molar-refractivity contribution in [2.45, 2.75) is 70.8 Å². The highest BCUT2D eigenvalue weighted by molar-refractivity contribution is 6.04. The Hall–Kier alpha value is -5.68. The molecule has 2 aliphatic heterocycles. The number of fused-ring (bicyclic) bond motifs is 5. The summed E-state index contributed by atoms with van der Waals surface area (Å²) in [5.74, 6) is 1.59. The third-order valence-electron chi connectivity index (χ3n) is 14.7. The van der Waals surface area contributed by atoms with E-state index in [0.29, 0.717) is 13.2 Å². The Morgan fingerprint density at radius 1 is 0.706 bits per heavy atom. The van der Waals surface area contributed by atoms with Gasteiger partial charge >= 0.3 is 0 Å². The summed E-state index contributed by atoms with van der Waals surface area (Å²) in [6.45, 7) is 17.6. The van der Waals surface area contributed by atoms with Gasteiger partial charge in [0.25, 0.3) is 0 Å². The normalized spacial score (nSPS) is 15.8. The van der Waals surface area contributed by atoms with Crippen LogP contribution in [0.2, 0.25) is 0 Å². The fraction of sp³-hybridized carbons (Fsp3) is 0.317. The second-order valence-corrected chi connectivity index (χ2v) is 19.0. The summed E-state index contributed by atoms with van der Waals surface area (Å²) in [6.07, 6.45) is 8.46. The number of nitrogens with zero attached hydrogens (tertiary/aromatic N) is 3. The first kappa shape index (κ1) is 48.8.